The number of aryl methyl sites for hydroxylation is 1. The first kappa shape index (κ1) is 80.7. The molecule has 1 unspecified atom stereocenters. The molecule has 446 valence electrons. The molecule has 8 aromatic rings. The number of aromatic nitrogens is 6. The van der Waals surface area contributed by atoms with Crippen LogP contribution in [0.1, 0.15) is 5.56 Å². The van der Waals surface area contributed by atoms with Crippen LogP contribution in [0.4, 0.5) is 68.4 Å². The Hall–Kier alpha value is -3.58. The monoisotopic (exact) mass is 1420 g/mol. The van der Waals surface area contributed by atoms with Gasteiger partial charge in [-0.15, -0.1) is 10.2 Å². The summed E-state index contributed by atoms with van der Waals surface area (Å²) in [4.78, 5) is 32.2. The summed E-state index contributed by atoms with van der Waals surface area (Å²) in [6.45, 7) is 1.19. The Morgan fingerprint density at radius 1 is 0.544 bits per heavy atom. The van der Waals surface area contributed by atoms with Gasteiger partial charge in [-0.25, -0.2) is 4.79 Å². The number of ether oxygens (including phenoxy) is 1. The number of primary amides is 1. The van der Waals surface area contributed by atoms with E-state index in [1.807, 2.05) is 0 Å². The van der Waals surface area contributed by atoms with Gasteiger partial charge in [0.2, 0.25) is 34.4 Å². The molecule has 0 aliphatic heterocycles. The van der Waals surface area contributed by atoms with Gasteiger partial charge in [-0.2, -0.15) is 82.2 Å². The number of anilines is 7. The van der Waals surface area contributed by atoms with Gasteiger partial charge in [-0.1, -0.05) is 12.1 Å². The summed E-state index contributed by atoms with van der Waals surface area (Å²) in [5.41, 5.74) is 5.04. The number of amides is 2. The van der Waals surface area contributed by atoms with Crippen molar-refractivity contribution < 1.29 is 227 Å². The fraction of sp³-hybridized carbons (Fsp3) is 0.114. The third-order valence-electron chi connectivity index (χ3n) is 11.3. The molecule has 0 saturated heterocycles. The van der Waals surface area contributed by atoms with Gasteiger partial charge in [-0.05, 0) is 108 Å². The summed E-state index contributed by atoms with van der Waals surface area (Å²) < 4.78 is 177. The van der Waals surface area contributed by atoms with E-state index in [0.29, 0.717) is 23.8 Å². The topological polar surface area (TPSA) is 531 Å². The second-order valence-corrected chi connectivity index (χ2v) is 24.9. The molecule has 0 spiro atoms. The second kappa shape index (κ2) is 32.7. The summed E-state index contributed by atoms with van der Waals surface area (Å²) >= 11 is 12.4. The zero-order valence-electron chi connectivity index (χ0n) is 47.5. The van der Waals surface area contributed by atoms with E-state index in [4.69, 9.17) is 33.7 Å². The number of nitrogens with one attached hydrogen (secondary N) is 5. The minimum absolute atomic E-state index is 0. The van der Waals surface area contributed by atoms with Crippen LogP contribution in [-0.2, 0) is 50.6 Å². The molecule has 1 atom stereocenters. The molecule has 2 aromatic heterocycles. The van der Waals surface area contributed by atoms with Crippen molar-refractivity contribution >= 4 is 165 Å². The number of urea groups is 1. The van der Waals surface area contributed by atoms with Crippen molar-refractivity contribution in [1.29, 1.82) is 0 Å². The van der Waals surface area contributed by atoms with Crippen LogP contribution in [0.3, 0.4) is 0 Å². The van der Waals surface area contributed by atoms with Crippen molar-refractivity contribution in [3.05, 3.63) is 101 Å². The molecule has 46 heteroatoms. The number of azo groups is 2. The number of benzene rings is 6. The predicted octanol–water partition coefficient (Wildman–Crippen LogP) is -8.07. The fourth-order valence-electron chi connectivity index (χ4n) is 7.69. The molecule has 2 amide bonds. The van der Waals surface area contributed by atoms with Crippen LogP contribution >= 0.6 is 23.2 Å². The molecule has 0 aliphatic carbocycles. The van der Waals surface area contributed by atoms with Crippen molar-refractivity contribution in [2.75, 3.05) is 46.8 Å². The third-order valence-corrected chi connectivity index (χ3v) is 16.1. The number of aliphatic hydroxyl groups is 1. The molecule has 6 aromatic carbocycles. The van der Waals surface area contributed by atoms with Crippen molar-refractivity contribution in [2.45, 2.75) is 37.5 Å². The first-order chi connectivity index (χ1) is 39.6. The molecular weight excluding hydrogens is 1390 g/mol. The van der Waals surface area contributed by atoms with E-state index in [2.05, 4.69) is 76.9 Å². The molecule has 0 bridgehead atoms. The standard InChI is InChI=1S/C44H38Cl2N16O18S5.5Na/c1-19-8-31(33(80-2)16-29(19)61-59-22-11-27-25(35(13-22)83(71,72)73)4-3-5-34(27)82(68,69)70)52-44-56-39(46)54-42(58-44)49-18-23(63)17-48-41-53-38(45)55-43(57-41)50-21-6-7-28(30(12-21)51-40(47)64)60-62-32-15-26-20(10-37(32)85(77,78)79)9-24(81(65,66)67)14-36(26)84(74,75)76;;;;;/h3-16,23,63H,17-18H2,1-2H3,(H3,47,51,64)(H,65,66,67)(H,68,69,70)(H,71,72,73)(H,74,75,76)(H,77,78,79)(H2,48,50,53,55,57)(H2,49,52,54,56,58);;;;;/q;5*+1. The summed E-state index contributed by atoms with van der Waals surface area (Å²) in [5, 5.41) is 38.4. The second-order valence-electron chi connectivity index (χ2n) is 17.3. The Labute approximate surface area is 630 Å². The Kier molecular flexibility index (Phi) is 29.3. The van der Waals surface area contributed by atoms with Crippen molar-refractivity contribution in [3.8, 4) is 5.75 Å². The van der Waals surface area contributed by atoms with E-state index in [1.165, 1.54) is 43.5 Å². The third kappa shape index (κ3) is 21.0. The van der Waals surface area contributed by atoms with Gasteiger partial charge in [0.1, 0.15) is 36.7 Å². The molecule has 90 heavy (non-hydrogen) atoms. The van der Waals surface area contributed by atoms with Gasteiger partial charge in [0.05, 0.1) is 40.9 Å². The predicted molar refractivity (Wildman–Crippen MR) is 302 cm³/mol. The number of hydrogen-bond acceptors (Lipinski definition) is 27. The van der Waals surface area contributed by atoms with Crippen LogP contribution in [0.5, 0.6) is 5.75 Å². The number of methoxy groups -OCH3 is 1. The minimum Gasteiger partial charge on any atom is -0.494 e. The number of hydrogen-bond donors (Lipinski definition) is 12. The van der Waals surface area contributed by atoms with Crippen molar-refractivity contribution in [1.82, 2.24) is 29.9 Å². The smallest absolute Gasteiger partial charge is 0.494 e. The van der Waals surface area contributed by atoms with Crippen LogP contribution in [0, 0.1) is 6.92 Å². The van der Waals surface area contributed by atoms with Gasteiger partial charge in [-0.3, -0.25) is 22.8 Å². The zero-order chi connectivity index (χ0) is 62.1. The molecular formula is C44H38Cl2N16Na5O18S5+5. The van der Waals surface area contributed by atoms with Gasteiger partial charge < -0.3 is 42.2 Å². The van der Waals surface area contributed by atoms with Crippen LogP contribution in [0.15, 0.2) is 130 Å². The number of rotatable bonds is 21. The molecule has 13 N–H and O–H groups in total. The number of nitrogens with zero attached hydrogens (tertiary/aromatic N) is 10. The molecule has 0 fully saturated rings. The maximum atomic E-state index is 12.4. The first-order valence-corrected chi connectivity index (χ1v) is 30.9. The molecule has 8 rings (SSSR count). The van der Waals surface area contributed by atoms with E-state index in [1.54, 1.807) is 13.0 Å². The largest absolute Gasteiger partial charge is 1.00 e. The molecule has 0 saturated carbocycles. The Balaban J connectivity index is 0.00000423. The minimum atomic E-state index is -5.26. The SMILES string of the molecule is COc1cc(N=Nc2cc(S(=O)(=O)O)c3cccc(S(=O)(=O)O)c3c2)c(C)cc1Nc1nc(Cl)nc(NCC(O)CNc2nc(Cl)nc(Nc3ccc(N=Nc4cc5c(S(=O)(=O)O)cc(S(=O)(=O)O)cc5cc4S(=O)(=O)O)c(NC(N)=O)c3)n2)n1.[Na+].[Na+].[Na+].[Na+].[Na+]. The van der Waals surface area contributed by atoms with E-state index in [-0.39, 0.29) is 246 Å². The number of carbonyl (C=O) groups is 1. The Morgan fingerprint density at radius 3 is 1.62 bits per heavy atom. The Bertz CT molecular complexity index is 4760. The first-order valence-electron chi connectivity index (χ1n) is 22.9. The van der Waals surface area contributed by atoms with Gasteiger partial charge in [0, 0.05) is 41.0 Å². The molecule has 0 radical (unpaired) electrons. The number of nitrogens with two attached hydrogens (primary N) is 1. The van der Waals surface area contributed by atoms with Gasteiger partial charge in [0.25, 0.3) is 50.6 Å². The normalized spacial score (nSPS) is 12.2. The number of fused-ring (bicyclic) bond motifs is 2. The van der Waals surface area contributed by atoms with E-state index in [0.717, 1.165) is 24.3 Å². The van der Waals surface area contributed by atoms with Crippen LogP contribution in [0.2, 0.25) is 10.6 Å². The number of carbonyl (C=O) groups excluding carboxylic acids is 1. The molecule has 2 heterocycles. The van der Waals surface area contributed by atoms with Crippen LogP contribution in [-0.4, -0.2) is 132 Å². The van der Waals surface area contributed by atoms with E-state index >= 15 is 0 Å². The van der Waals surface area contributed by atoms with Crippen molar-refractivity contribution in [3.63, 3.8) is 0 Å². The average molecular weight is 1430 g/mol. The van der Waals surface area contributed by atoms with Gasteiger partial charge in [0.15, 0.2) is 0 Å². The molecule has 0 aliphatic rings. The van der Waals surface area contributed by atoms with Crippen LogP contribution in [0.25, 0.3) is 21.5 Å². The Morgan fingerprint density at radius 2 is 1.08 bits per heavy atom. The quantitative estimate of drug-likeness (QED) is 0.0181. The summed E-state index contributed by atoms with van der Waals surface area (Å²) in [7, 11) is -24.0. The number of halogens is 2. The zero-order valence-corrected chi connectivity index (χ0v) is 63.1. The van der Waals surface area contributed by atoms with Gasteiger partial charge >= 0.3 is 154 Å². The van der Waals surface area contributed by atoms with Crippen LogP contribution < -0.4 is 185 Å². The number of aliphatic hydroxyl groups excluding tert-OH is 1. The summed E-state index contributed by atoms with van der Waals surface area (Å²) in [5.74, 6) is -0.389. The molecule has 34 nitrogen and oxygen atoms in total. The summed E-state index contributed by atoms with van der Waals surface area (Å²) in [6, 6.07) is 13.6. The van der Waals surface area contributed by atoms with E-state index < -0.39 is 104 Å². The summed E-state index contributed by atoms with van der Waals surface area (Å²) in [6.07, 6.45) is -1.21. The maximum absolute atomic E-state index is 12.4. The van der Waals surface area contributed by atoms with E-state index in [9.17, 15) is 74.8 Å². The van der Waals surface area contributed by atoms with Crippen molar-refractivity contribution in [2.24, 2.45) is 26.2 Å². The average Bonchev–Trinajstić information content (AvgIpc) is 0.886. The maximum Gasteiger partial charge on any atom is 1.00 e. The fourth-order valence-corrected chi connectivity index (χ4v) is 11.4.